The first kappa shape index (κ1) is 22.5. The van der Waals surface area contributed by atoms with Crippen LogP contribution < -0.4 is 5.32 Å². The predicted molar refractivity (Wildman–Crippen MR) is 124 cm³/mol. The van der Waals surface area contributed by atoms with Crippen LogP contribution in [0.3, 0.4) is 0 Å². The highest BCUT2D eigenvalue weighted by Crippen LogP contribution is 2.37. The average Bonchev–Trinajstić information content (AvgIpc) is 3.16. The molecule has 0 aliphatic heterocycles. The summed E-state index contributed by atoms with van der Waals surface area (Å²) in [6.45, 7) is 6.41. The maximum absolute atomic E-state index is 12.7. The molecule has 0 atom stereocenters. The van der Waals surface area contributed by atoms with E-state index in [0.29, 0.717) is 35.4 Å². The number of nitrogens with one attached hydrogen (secondary N) is 1. The molecular weight excluding hydrogens is 394 g/mol. The van der Waals surface area contributed by atoms with Crippen LogP contribution in [0.25, 0.3) is 11.1 Å². The van der Waals surface area contributed by atoms with Gasteiger partial charge in [0.05, 0.1) is 6.61 Å². The van der Waals surface area contributed by atoms with Gasteiger partial charge >= 0.3 is 5.97 Å². The predicted octanol–water partition coefficient (Wildman–Crippen LogP) is 7.01. The molecule has 162 valence electrons. The van der Waals surface area contributed by atoms with Crippen molar-refractivity contribution in [3.8, 4) is 11.1 Å². The van der Waals surface area contributed by atoms with Crippen LogP contribution in [0.1, 0.15) is 87.6 Å². The van der Waals surface area contributed by atoms with Gasteiger partial charge in [-0.2, -0.15) is 0 Å². The van der Waals surface area contributed by atoms with E-state index in [0.717, 1.165) is 17.5 Å². The summed E-state index contributed by atoms with van der Waals surface area (Å²) < 4.78 is 5.30. The fraction of sp³-hybridized carbons (Fsp3) is 0.520. The zero-order chi connectivity index (χ0) is 21.5. The zero-order valence-electron chi connectivity index (χ0n) is 18.3. The van der Waals surface area contributed by atoms with E-state index in [1.165, 1.54) is 49.0 Å². The molecule has 0 bridgehead atoms. The minimum atomic E-state index is -0.385. The number of esters is 1. The van der Waals surface area contributed by atoms with E-state index in [2.05, 4.69) is 31.3 Å². The Balaban J connectivity index is 1.76. The molecule has 1 saturated carbocycles. The van der Waals surface area contributed by atoms with Gasteiger partial charge in [0.25, 0.3) is 0 Å². The first-order valence-electron chi connectivity index (χ1n) is 11.2. The van der Waals surface area contributed by atoms with Crippen LogP contribution in [0.2, 0.25) is 0 Å². The lowest BCUT2D eigenvalue weighted by atomic mass is 9.86. The molecule has 30 heavy (non-hydrogen) atoms. The lowest BCUT2D eigenvalue weighted by Gasteiger charge is -2.20. The molecule has 1 N–H and O–H groups in total. The van der Waals surface area contributed by atoms with Gasteiger partial charge in [-0.1, -0.05) is 70.2 Å². The van der Waals surface area contributed by atoms with Crippen molar-refractivity contribution in [1.29, 1.82) is 0 Å². The number of anilines is 1. The summed E-state index contributed by atoms with van der Waals surface area (Å²) in [7, 11) is 0. The second-order valence-corrected chi connectivity index (χ2v) is 9.32. The lowest BCUT2D eigenvalue weighted by molar-refractivity contribution is -0.116. The maximum Gasteiger partial charge on any atom is 0.341 e. The molecule has 0 saturated heterocycles. The van der Waals surface area contributed by atoms with Gasteiger partial charge in [0.2, 0.25) is 5.91 Å². The van der Waals surface area contributed by atoms with Gasteiger partial charge in [0, 0.05) is 17.4 Å². The number of rotatable bonds is 8. The number of benzene rings is 1. The van der Waals surface area contributed by atoms with Gasteiger partial charge < -0.3 is 10.1 Å². The van der Waals surface area contributed by atoms with Crippen molar-refractivity contribution in [2.45, 2.75) is 71.6 Å². The van der Waals surface area contributed by atoms with Crippen LogP contribution in [0.5, 0.6) is 0 Å². The molecule has 0 radical (unpaired) electrons. The molecule has 2 aromatic rings. The molecule has 3 rings (SSSR count). The Morgan fingerprint density at radius 2 is 1.83 bits per heavy atom. The molecule has 1 aliphatic rings. The summed E-state index contributed by atoms with van der Waals surface area (Å²) in [6.07, 6.45) is 7.78. The van der Waals surface area contributed by atoms with Crippen molar-refractivity contribution in [2.24, 2.45) is 5.92 Å². The number of hydrogen-bond acceptors (Lipinski definition) is 4. The number of carbonyl (C=O) groups excluding carboxylic acids is 2. The topological polar surface area (TPSA) is 55.4 Å². The summed E-state index contributed by atoms with van der Waals surface area (Å²) in [5.41, 5.74) is 3.49. The van der Waals surface area contributed by atoms with Crippen LogP contribution in [0, 0.1) is 5.92 Å². The van der Waals surface area contributed by atoms with Crippen LogP contribution in [-0.2, 0) is 9.53 Å². The van der Waals surface area contributed by atoms with E-state index in [4.69, 9.17) is 4.74 Å². The molecule has 5 heteroatoms. The molecule has 0 unspecified atom stereocenters. The van der Waals surface area contributed by atoms with E-state index in [9.17, 15) is 9.59 Å². The van der Waals surface area contributed by atoms with Crippen LogP contribution in [-0.4, -0.2) is 18.5 Å². The second kappa shape index (κ2) is 10.8. The molecule has 1 amide bonds. The Morgan fingerprint density at radius 1 is 1.13 bits per heavy atom. The third-order valence-electron chi connectivity index (χ3n) is 5.92. The summed E-state index contributed by atoms with van der Waals surface area (Å²) >= 11 is 1.39. The van der Waals surface area contributed by atoms with Gasteiger partial charge in [-0.15, -0.1) is 11.3 Å². The fourth-order valence-electron chi connectivity index (χ4n) is 4.12. The Labute approximate surface area is 184 Å². The van der Waals surface area contributed by atoms with Gasteiger partial charge in [0.15, 0.2) is 0 Å². The van der Waals surface area contributed by atoms with E-state index < -0.39 is 0 Å². The van der Waals surface area contributed by atoms with Crippen molar-refractivity contribution >= 4 is 28.2 Å². The summed E-state index contributed by atoms with van der Waals surface area (Å²) in [6, 6.07) is 8.26. The molecular formula is C25H33NO3S. The normalized spacial score (nSPS) is 14.7. The highest BCUT2D eigenvalue weighted by Gasteiger charge is 2.23. The quantitative estimate of drug-likeness (QED) is 0.461. The second-order valence-electron chi connectivity index (χ2n) is 8.44. The fourth-order valence-corrected chi connectivity index (χ4v) is 5.09. The van der Waals surface area contributed by atoms with E-state index in [1.54, 1.807) is 6.92 Å². The van der Waals surface area contributed by atoms with Gasteiger partial charge in [-0.05, 0) is 36.3 Å². The monoisotopic (exact) mass is 427 g/mol. The molecule has 4 nitrogen and oxygen atoms in total. The molecule has 1 fully saturated rings. The van der Waals surface area contributed by atoms with Crippen molar-refractivity contribution < 1.29 is 14.3 Å². The number of thiophene rings is 1. The van der Waals surface area contributed by atoms with E-state index >= 15 is 0 Å². The van der Waals surface area contributed by atoms with Crippen molar-refractivity contribution in [3.05, 3.63) is 40.8 Å². The van der Waals surface area contributed by atoms with Crippen molar-refractivity contribution in [1.82, 2.24) is 0 Å². The van der Waals surface area contributed by atoms with Gasteiger partial charge in [0.1, 0.15) is 10.6 Å². The largest absolute Gasteiger partial charge is 0.462 e. The number of hydrogen-bond donors (Lipinski definition) is 1. The van der Waals surface area contributed by atoms with Gasteiger partial charge in [-0.3, -0.25) is 4.79 Å². The number of amides is 1. The molecule has 1 aromatic heterocycles. The van der Waals surface area contributed by atoms with E-state index in [1.807, 2.05) is 17.5 Å². The smallest absolute Gasteiger partial charge is 0.341 e. The average molecular weight is 428 g/mol. The zero-order valence-corrected chi connectivity index (χ0v) is 19.1. The Morgan fingerprint density at radius 3 is 2.47 bits per heavy atom. The lowest BCUT2D eigenvalue weighted by Crippen LogP contribution is -2.16. The minimum absolute atomic E-state index is 0.0188. The third kappa shape index (κ3) is 5.72. The summed E-state index contributed by atoms with van der Waals surface area (Å²) in [5.74, 6) is 0.705. The Bertz CT molecular complexity index is 848. The first-order chi connectivity index (χ1) is 14.5. The van der Waals surface area contributed by atoms with Crippen molar-refractivity contribution in [3.63, 3.8) is 0 Å². The molecule has 0 spiro atoms. The SMILES string of the molecule is CCOC(=O)c1c(-c2ccc(C(C)C)cc2)csc1NC(=O)CCC1CCCCC1. The number of ether oxygens (including phenoxy) is 1. The standard InChI is InChI=1S/C25H33NO3S/c1-4-29-25(28)23-21(20-13-11-19(12-14-20)17(2)3)16-30-24(23)26-22(27)15-10-18-8-6-5-7-9-18/h11-14,16-18H,4-10,15H2,1-3H3,(H,26,27). The summed E-state index contributed by atoms with van der Waals surface area (Å²) in [5, 5.41) is 5.51. The van der Waals surface area contributed by atoms with Crippen LogP contribution >= 0.6 is 11.3 Å². The van der Waals surface area contributed by atoms with Gasteiger partial charge in [-0.25, -0.2) is 4.79 Å². The highest BCUT2D eigenvalue weighted by molar-refractivity contribution is 7.15. The summed E-state index contributed by atoms with van der Waals surface area (Å²) in [4.78, 5) is 25.3. The van der Waals surface area contributed by atoms with Crippen LogP contribution in [0.15, 0.2) is 29.6 Å². The Kier molecular flexibility index (Phi) is 8.08. The molecule has 1 aliphatic carbocycles. The molecule has 1 heterocycles. The Hall–Kier alpha value is -2.14. The molecule has 1 aromatic carbocycles. The maximum atomic E-state index is 12.7. The van der Waals surface area contributed by atoms with Crippen LogP contribution in [0.4, 0.5) is 5.00 Å². The number of carbonyl (C=O) groups is 2. The minimum Gasteiger partial charge on any atom is -0.462 e. The van der Waals surface area contributed by atoms with Crippen molar-refractivity contribution in [2.75, 3.05) is 11.9 Å². The third-order valence-corrected chi connectivity index (χ3v) is 6.81. The highest BCUT2D eigenvalue weighted by atomic mass is 32.1. The first-order valence-corrected chi connectivity index (χ1v) is 12.1. The van der Waals surface area contributed by atoms with E-state index in [-0.39, 0.29) is 11.9 Å².